The summed E-state index contributed by atoms with van der Waals surface area (Å²) in [5.41, 5.74) is 3.92. The molecule has 0 bridgehead atoms. The van der Waals surface area contributed by atoms with Crippen LogP contribution in [0.5, 0.6) is 0 Å². The first kappa shape index (κ1) is 36.0. The number of halogens is 2. The van der Waals surface area contributed by atoms with Gasteiger partial charge in [0.2, 0.25) is 8.32 Å². The molecule has 2 aromatic rings. The number of imidazole rings is 2. The van der Waals surface area contributed by atoms with E-state index in [9.17, 15) is 4.39 Å². The molecular weight excluding hydrogens is 523 g/mol. The number of H-pyrrole nitrogens is 2. The molecule has 2 aromatic heterocycles. The Hall–Kier alpha value is -1.01. The maximum atomic E-state index is 9.96. The predicted molar refractivity (Wildman–Crippen MR) is 163 cm³/mol. The summed E-state index contributed by atoms with van der Waals surface area (Å²) < 4.78 is 21.9. The van der Waals surface area contributed by atoms with E-state index in [-0.39, 0.29) is 6.61 Å². The van der Waals surface area contributed by atoms with Gasteiger partial charge in [-0.1, -0.05) is 83.1 Å². The molecule has 0 saturated heterocycles. The lowest BCUT2D eigenvalue weighted by Crippen LogP contribution is -2.47. The van der Waals surface area contributed by atoms with Crippen LogP contribution in [0.25, 0.3) is 0 Å². The fraction of sp³-hybridized carbons (Fsp3) is 0.778. The van der Waals surface area contributed by atoms with Crippen LogP contribution in [-0.4, -0.2) is 47.9 Å². The lowest BCUT2D eigenvalue weighted by atomic mass is 10.5. The van der Waals surface area contributed by atoms with Crippen molar-refractivity contribution in [3.63, 3.8) is 0 Å². The van der Waals surface area contributed by atoms with Crippen molar-refractivity contribution in [1.29, 1.82) is 0 Å². The van der Waals surface area contributed by atoms with Gasteiger partial charge in [-0.05, 0) is 33.2 Å². The number of nitrogens with zero attached hydrogens (tertiary/aromatic N) is 2. The molecule has 0 aromatic carbocycles. The molecule has 0 unspecified atom stereocenters. The molecule has 3 N–H and O–H groups in total. The summed E-state index contributed by atoms with van der Waals surface area (Å²) in [6, 6.07) is 0. The Balaban J connectivity index is 0. The van der Waals surface area contributed by atoms with E-state index in [1.807, 2.05) is 6.20 Å². The van der Waals surface area contributed by atoms with Gasteiger partial charge in [0.15, 0.2) is 7.38 Å². The topological polar surface area (TPSA) is 86.8 Å². The normalized spacial score (nSPS) is 12.3. The number of rotatable bonds is 10. The summed E-state index contributed by atoms with van der Waals surface area (Å²) >= 11 is 6.68. The quantitative estimate of drug-likeness (QED) is 0.193. The number of hydrogen-bond acceptors (Lipinski definition) is 4. The highest BCUT2D eigenvalue weighted by Gasteiger charge is 2.45. The molecule has 2 heterocycles. The van der Waals surface area contributed by atoms with Crippen LogP contribution >= 0.6 is 11.1 Å². The average Bonchev–Trinajstić information content (AvgIpc) is 3.53. The number of alkyl halides is 1. The summed E-state index contributed by atoms with van der Waals surface area (Å²) in [5.74, 6) is 1.55. The predicted octanol–water partition coefficient (Wildman–Crippen LogP) is 8.99. The van der Waals surface area contributed by atoms with Gasteiger partial charge < -0.3 is 19.5 Å². The van der Waals surface area contributed by atoms with Crippen molar-refractivity contribution >= 4 is 26.8 Å². The molecule has 0 saturated carbocycles. The summed E-state index contributed by atoms with van der Waals surface area (Å²) in [5, 5.41) is 8.33. The highest BCUT2D eigenvalue weighted by Crippen LogP contribution is 2.44. The van der Waals surface area contributed by atoms with E-state index >= 15 is 0 Å². The number of aromatic nitrogens is 4. The van der Waals surface area contributed by atoms with Crippen LogP contribution in [0.1, 0.15) is 96.1 Å². The Kier molecular flexibility index (Phi) is 18.6. The fourth-order valence-corrected chi connectivity index (χ4v) is 14.8. The van der Waals surface area contributed by atoms with Gasteiger partial charge >= 0.3 is 0 Å². The summed E-state index contributed by atoms with van der Waals surface area (Å²) in [6.45, 7) is 28.0. The van der Waals surface area contributed by atoms with Crippen molar-refractivity contribution in [2.45, 2.75) is 130 Å². The third kappa shape index (κ3) is 11.7. The third-order valence-electron chi connectivity index (χ3n) is 7.08. The molecule has 218 valence electrons. The van der Waals surface area contributed by atoms with Crippen LogP contribution in [-0.2, 0) is 17.6 Å². The summed E-state index contributed by atoms with van der Waals surface area (Å²) in [7, 11) is -4.25. The van der Waals surface area contributed by atoms with Gasteiger partial charge in [-0.15, -0.1) is 0 Å². The van der Waals surface area contributed by atoms with Crippen LogP contribution in [0.2, 0.25) is 33.2 Å². The van der Waals surface area contributed by atoms with E-state index in [4.69, 9.17) is 22.0 Å². The number of aliphatic hydroxyl groups excluding tert-OH is 1. The highest BCUT2D eigenvalue weighted by molar-refractivity contribution is 7.22. The van der Waals surface area contributed by atoms with E-state index in [0.717, 1.165) is 5.82 Å². The zero-order valence-electron chi connectivity index (χ0n) is 26.4. The SMILES string of the molecule is CC(C)[Si](Cl)(C(C)C)C(C)C.CC(C)[Si](OCc1ncc[nH]1)(C(C)C)C(C)C.OCc1ncc[nH]1.[2H]CF. The van der Waals surface area contributed by atoms with Crippen LogP contribution in [0.15, 0.2) is 24.8 Å². The van der Waals surface area contributed by atoms with E-state index in [1.54, 1.807) is 18.6 Å². The molecule has 0 spiro atoms. The molecule has 37 heavy (non-hydrogen) atoms. The van der Waals surface area contributed by atoms with Gasteiger partial charge in [0.05, 0.1) is 15.1 Å². The molecule has 0 aliphatic heterocycles. The maximum absolute atomic E-state index is 9.96. The first-order chi connectivity index (χ1) is 17.6. The first-order valence-corrected chi connectivity index (χ1v) is 18.7. The second kappa shape index (κ2) is 19.1. The number of aromatic amines is 2. The second-order valence-corrected chi connectivity index (χ2v) is 23.7. The summed E-state index contributed by atoms with van der Waals surface area (Å²) in [6.07, 6.45) is 6.90. The van der Waals surface area contributed by atoms with E-state index < -0.39 is 22.9 Å². The lowest BCUT2D eigenvalue weighted by molar-refractivity contribution is 0.258. The third-order valence-corrected chi connectivity index (χ3v) is 22.4. The molecule has 0 aliphatic rings. The van der Waals surface area contributed by atoms with Crippen molar-refractivity contribution in [1.82, 2.24) is 19.9 Å². The number of nitrogens with one attached hydrogen (secondary N) is 2. The van der Waals surface area contributed by atoms with E-state index in [2.05, 4.69) is 103 Å². The molecule has 0 amide bonds. The Labute approximate surface area is 234 Å². The van der Waals surface area contributed by atoms with E-state index in [0.29, 0.717) is 45.7 Å². The van der Waals surface area contributed by atoms with E-state index in [1.165, 1.54) is 0 Å². The van der Waals surface area contributed by atoms with Crippen LogP contribution < -0.4 is 0 Å². The van der Waals surface area contributed by atoms with Crippen LogP contribution in [0.3, 0.4) is 0 Å². The minimum atomic E-state index is -1.74. The van der Waals surface area contributed by atoms with Gasteiger partial charge in [-0.3, -0.25) is 4.39 Å². The van der Waals surface area contributed by atoms with Crippen molar-refractivity contribution in [3.05, 3.63) is 36.4 Å². The number of aliphatic hydroxyl groups is 1. The molecule has 0 radical (unpaired) electrons. The zero-order chi connectivity index (χ0) is 30.1. The van der Waals surface area contributed by atoms with Crippen molar-refractivity contribution in [2.24, 2.45) is 0 Å². The standard InChI is InChI=1S/C13H26N2OSi.C9H21ClSi.C4H6N2O.CH3F/c1-10(2)17(11(3)4,12(5)6)16-9-13-14-7-8-15-13;1-7(2)11(10,8(3)4)9(5)6;7-3-4-5-1-2-6-4;1-2/h7-8,10-12H,9H2,1-6H3,(H,14,15);7-9H,1-6H3;1-2,7H,3H2,(H,5,6);1H3/i;;;1D. The minimum absolute atomic E-state index is 0.00694. The molecule has 0 fully saturated rings. The molecule has 2 rings (SSSR count). The van der Waals surface area contributed by atoms with Crippen molar-refractivity contribution < 1.29 is 15.3 Å². The lowest BCUT2D eigenvalue weighted by Gasteiger charge is -2.41. The average molecular weight is 580 g/mol. The Morgan fingerprint density at radius 2 is 1.16 bits per heavy atom. The molecule has 0 aliphatic carbocycles. The smallest absolute Gasteiger partial charge is 0.201 e. The van der Waals surface area contributed by atoms with Crippen LogP contribution in [0.4, 0.5) is 4.39 Å². The fourth-order valence-electron chi connectivity index (χ4n) is 5.45. The molecular formula is C27H56ClFN4O2Si2. The van der Waals surface area contributed by atoms with Gasteiger partial charge in [-0.25, -0.2) is 9.97 Å². The molecule has 0 atom stereocenters. The summed E-state index contributed by atoms with van der Waals surface area (Å²) in [4.78, 5) is 13.8. The van der Waals surface area contributed by atoms with Gasteiger partial charge in [0.25, 0.3) is 0 Å². The largest absolute Gasteiger partial charge is 0.409 e. The minimum Gasteiger partial charge on any atom is -0.409 e. The Morgan fingerprint density at radius 1 is 0.811 bits per heavy atom. The Morgan fingerprint density at radius 3 is 1.35 bits per heavy atom. The monoisotopic (exact) mass is 579 g/mol. The zero-order valence-corrected chi connectivity index (χ0v) is 28.2. The van der Waals surface area contributed by atoms with Gasteiger partial charge in [0, 0.05) is 24.8 Å². The molecule has 6 nitrogen and oxygen atoms in total. The van der Waals surface area contributed by atoms with Gasteiger partial charge in [-0.2, -0.15) is 11.1 Å². The molecule has 10 heteroatoms. The van der Waals surface area contributed by atoms with Crippen molar-refractivity contribution in [2.75, 3.05) is 7.15 Å². The number of hydrogen-bond donors (Lipinski definition) is 3. The maximum Gasteiger partial charge on any atom is 0.201 e. The van der Waals surface area contributed by atoms with Crippen LogP contribution in [0, 0.1) is 0 Å². The van der Waals surface area contributed by atoms with Gasteiger partial charge in [0.1, 0.15) is 18.3 Å². The Bertz CT molecular complexity index is 750. The first-order valence-electron chi connectivity index (χ1n) is 14.0. The van der Waals surface area contributed by atoms with Crippen molar-refractivity contribution in [3.8, 4) is 0 Å². The highest BCUT2D eigenvalue weighted by atomic mass is 35.6. The second-order valence-electron chi connectivity index (χ2n) is 11.1.